The van der Waals surface area contributed by atoms with Crippen LogP contribution in [0.5, 0.6) is 0 Å². The van der Waals surface area contributed by atoms with Crippen LogP contribution in [0.4, 0.5) is 0 Å². The van der Waals surface area contributed by atoms with Gasteiger partial charge in [0.25, 0.3) is 0 Å². The number of likely N-dealkylation sites (tertiary alicyclic amines) is 2. The molecule has 106 valence electrons. The molecule has 0 spiro atoms. The van der Waals surface area contributed by atoms with E-state index < -0.39 is 0 Å². The van der Waals surface area contributed by atoms with Crippen LogP contribution in [0.25, 0.3) is 0 Å². The maximum Gasteiger partial charge on any atom is 0.0125 e. The van der Waals surface area contributed by atoms with Crippen LogP contribution >= 0.6 is 0 Å². The van der Waals surface area contributed by atoms with Crippen molar-refractivity contribution in [1.29, 1.82) is 0 Å². The second-order valence-electron chi connectivity index (χ2n) is 6.53. The third-order valence-electron chi connectivity index (χ3n) is 5.64. The van der Waals surface area contributed by atoms with E-state index in [1.54, 1.807) is 0 Å². The summed E-state index contributed by atoms with van der Waals surface area (Å²) in [5, 5.41) is 3.49. The molecule has 2 fully saturated rings. The Morgan fingerprint density at radius 2 is 1.78 bits per heavy atom. The van der Waals surface area contributed by atoms with Crippen LogP contribution in [0.1, 0.15) is 40.0 Å². The van der Waals surface area contributed by atoms with Crippen LogP contribution in [0, 0.1) is 5.92 Å². The zero-order valence-corrected chi connectivity index (χ0v) is 12.8. The minimum atomic E-state index is 0.708. The fourth-order valence-electron chi connectivity index (χ4n) is 3.88. The maximum absolute atomic E-state index is 3.49. The summed E-state index contributed by atoms with van der Waals surface area (Å²) in [6.07, 6.45) is 4.00. The van der Waals surface area contributed by atoms with Gasteiger partial charge >= 0.3 is 0 Å². The van der Waals surface area contributed by atoms with E-state index in [1.807, 2.05) is 0 Å². The summed E-state index contributed by atoms with van der Waals surface area (Å²) in [5.74, 6) is 0.763. The Labute approximate surface area is 113 Å². The smallest absolute Gasteiger partial charge is 0.0125 e. The first-order valence-electron chi connectivity index (χ1n) is 7.67. The predicted octanol–water partition coefficient (Wildman–Crippen LogP) is 1.79. The van der Waals surface area contributed by atoms with E-state index in [0.29, 0.717) is 6.04 Å². The first-order chi connectivity index (χ1) is 8.54. The van der Waals surface area contributed by atoms with Crippen LogP contribution < -0.4 is 5.32 Å². The maximum atomic E-state index is 3.49. The third kappa shape index (κ3) is 2.73. The van der Waals surface area contributed by atoms with Crippen molar-refractivity contribution in [2.75, 3.05) is 27.2 Å². The highest BCUT2D eigenvalue weighted by atomic mass is 15.2. The van der Waals surface area contributed by atoms with Gasteiger partial charge < -0.3 is 10.2 Å². The molecule has 2 aliphatic rings. The van der Waals surface area contributed by atoms with E-state index in [2.05, 4.69) is 50.0 Å². The number of hydrogen-bond acceptors (Lipinski definition) is 3. The molecule has 0 aliphatic carbocycles. The average molecular weight is 253 g/mol. The molecule has 0 amide bonds. The fraction of sp³-hybridized carbons (Fsp3) is 1.00. The average Bonchev–Trinajstić information content (AvgIpc) is 2.36. The lowest BCUT2D eigenvalue weighted by molar-refractivity contribution is 0.0108. The Balaban J connectivity index is 1.97. The van der Waals surface area contributed by atoms with Gasteiger partial charge in [-0.15, -0.1) is 0 Å². The molecule has 2 aliphatic heterocycles. The van der Waals surface area contributed by atoms with E-state index in [0.717, 1.165) is 24.0 Å². The molecule has 2 saturated heterocycles. The van der Waals surface area contributed by atoms with Gasteiger partial charge in [0.2, 0.25) is 0 Å². The Kier molecular flexibility index (Phi) is 4.68. The van der Waals surface area contributed by atoms with Gasteiger partial charge in [-0.05, 0) is 59.7 Å². The van der Waals surface area contributed by atoms with Crippen molar-refractivity contribution < 1.29 is 0 Å². The van der Waals surface area contributed by atoms with Crippen molar-refractivity contribution in [2.24, 2.45) is 5.92 Å². The second kappa shape index (κ2) is 5.89. The molecule has 5 atom stereocenters. The van der Waals surface area contributed by atoms with Gasteiger partial charge in [0.15, 0.2) is 0 Å². The van der Waals surface area contributed by atoms with E-state index in [1.165, 1.54) is 32.4 Å². The van der Waals surface area contributed by atoms with Gasteiger partial charge in [-0.1, -0.05) is 6.92 Å². The van der Waals surface area contributed by atoms with Gasteiger partial charge in [0.1, 0.15) is 0 Å². The van der Waals surface area contributed by atoms with Crippen molar-refractivity contribution in [2.45, 2.75) is 64.2 Å². The normalized spacial score (nSPS) is 44.2. The van der Waals surface area contributed by atoms with Gasteiger partial charge in [0, 0.05) is 30.7 Å². The van der Waals surface area contributed by atoms with Gasteiger partial charge in [-0.25, -0.2) is 0 Å². The molecule has 0 aromatic carbocycles. The summed E-state index contributed by atoms with van der Waals surface area (Å²) in [7, 11) is 4.38. The van der Waals surface area contributed by atoms with Gasteiger partial charge in [0.05, 0.1) is 0 Å². The lowest BCUT2D eigenvalue weighted by Crippen LogP contribution is -2.58. The zero-order chi connectivity index (χ0) is 13.3. The first kappa shape index (κ1) is 14.3. The molecule has 5 unspecified atom stereocenters. The summed E-state index contributed by atoms with van der Waals surface area (Å²) in [6.45, 7) is 9.76. The lowest BCUT2D eigenvalue weighted by atomic mass is 9.84. The molecule has 2 heterocycles. The second-order valence-corrected chi connectivity index (χ2v) is 6.53. The van der Waals surface area contributed by atoms with Gasteiger partial charge in [-0.3, -0.25) is 4.90 Å². The van der Waals surface area contributed by atoms with Crippen LogP contribution in [0.3, 0.4) is 0 Å². The first-order valence-corrected chi connectivity index (χ1v) is 7.67. The number of hydrogen-bond donors (Lipinski definition) is 1. The zero-order valence-electron chi connectivity index (χ0n) is 12.8. The van der Waals surface area contributed by atoms with E-state index in [9.17, 15) is 0 Å². The molecule has 3 heteroatoms. The summed E-state index contributed by atoms with van der Waals surface area (Å²) < 4.78 is 0. The fourth-order valence-corrected chi connectivity index (χ4v) is 3.88. The molecule has 1 N–H and O–H groups in total. The van der Waals surface area contributed by atoms with Crippen molar-refractivity contribution in [3.8, 4) is 0 Å². The molecule has 0 aromatic rings. The molecule has 0 saturated carbocycles. The Morgan fingerprint density at radius 3 is 2.39 bits per heavy atom. The number of nitrogens with zero attached hydrogens (tertiary/aromatic N) is 2. The standard InChI is InChI=1S/C15H31N3/c1-11-10-14(6-8-17(11)5)18-9-7-15(16-4)12(2)13(18)3/h11-16H,6-10H2,1-5H3. The largest absolute Gasteiger partial charge is 0.317 e. The van der Waals surface area contributed by atoms with E-state index >= 15 is 0 Å². The molecule has 3 nitrogen and oxygen atoms in total. The third-order valence-corrected chi connectivity index (χ3v) is 5.64. The van der Waals surface area contributed by atoms with Crippen LogP contribution in [0.15, 0.2) is 0 Å². The number of rotatable bonds is 2. The van der Waals surface area contributed by atoms with Crippen LogP contribution in [0.2, 0.25) is 0 Å². The minimum absolute atomic E-state index is 0.708. The van der Waals surface area contributed by atoms with E-state index in [-0.39, 0.29) is 0 Å². The highest BCUT2D eigenvalue weighted by Crippen LogP contribution is 2.30. The molecular formula is C15H31N3. The molecule has 0 aromatic heterocycles. The quantitative estimate of drug-likeness (QED) is 0.809. The summed E-state index contributed by atoms with van der Waals surface area (Å²) >= 11 is 0. The Morgan fingerprint density at radius 1 is 1.06 bits per heavy atom. The molecule has 2 rings (SSSR count). The topological polar surface area (TPSA) is 18.5 Å². The summed E-state index contributed by atoms with van der Waals surface area (Å²) in [5.41, 5.74) is 0. The molecule has 0 radical (unpaired) electrons. The van der Waals surface area contributed by atoms with Gasteiger partial charge in [-0.2, -0.15) is 0 Å². The molecule has 0 bridgehead atoms. The van der Waals surface area contributed by atoms with Crippen LogP contribution in [-0.2, 0) is 0 Å². The Hall–Kier alpha value is -0.120. The lowest BCUT2D eigenvalue weighted by Gasteiger charge is -2.49. The highest BCUT2D eigenvalue weighted by molar-refractivity contribution is 4.93. The molecular weight excluding hydrogens is 222 g/mol. The van der Waals surface area contributed by atoms with Crippen molar-refractivity contribution in [3.63, 3.8) is 0 Å². The minimum Gasteiger partial charge on any atom is -0.317 e. The highest BCUT2D eigenvalue weighted by Gasteiger charge is 2.37. The Bertz CT molecular complexity index is 268. The van der Waals surface area contributed by atoms with Crippen LogP contribution in [-0.4, -0.2) is 61.2 Å². The summed E-state index contributed by atoms with van der Waals surface area (Å²) in [4.78, 5) is 5.30. The predicted molar refractivity (Wildman–Crippen MR) is 77.9 cm³/mol. The summed E-state index contributed by atoms with van der Waals surface area (Å²) in [6, 6.07) is 2.98. The van der Waals surface area contributed by atoms with E-state index in [4.69, 9.17) is 0 Å². The number of nitrogens with one attached hydrogen (secondary N) is 1. The number of piperidine rings is 2. The SMILES string of the molecule is CNC1CCN(C2CCN(C)C(C)C2)C(C)C1C. The monoisotopic (exact) mass is 253 g/mol. The van der Waals surface area contributed by atoms with Crippen molar-refractivity contribution in [1.82, 2.24) is 15.1 Å². The molecule has 18 heavy (non-hydrogen) atoms. The van der Waals surface area contributed by atoms with Crippen molar-refractivity contribution in [3.05, 3.63) is 0 Å². The van der Waals surface area contributed by atoms with Crippen molar-refractivity contribution >= 4 is 0 Å².